The molecule has 0 saturated heterocycles. The Morgan fingerprint density at radius 1 is 0.966 bits per heavy atom. The van der Waals surface area contributed by atoms with Crippen LogP contribution in [-0.2, 0) is 0 Å². The fourth-order valence-corrected chi connectivity index (χ4v) is 3.41. The summed E-state index contributed by atoms with van der Waals surface area (Å²) in [5, 5.41) is 11.3. The normalized spacial score (nSPS) is 14.7. The Bertz CT molecular complexity index is 1110. The first-order chi connectivity index (χ1) is 14.0. The molecule has 0 saturated carbocycles. The average molecular weight is 387 g/mol. The molecule has 0 bridgehead atoms. The van der Waals surface area contributed by atoms with E-state index in [0.29, 0.717) is 16.5 Å². The second-order valence-corrected chi connectivity index (χ2v) is 7.09. The molecule has 1 heterocycles. The van der Waals surface area contributed by atoms with Gasteiger partial charge in [0, 0.05) is 5.39 Å². The van der Waals surface area contributed by atoms with E-state index in [1.54, 1.807) is 18.2 Å². The third-order valence-corrected chi connectivity index (χ3v) is 5.17. The van der Waals surface area contributed by atoms with Crippen LogP contribution < -0.4 is 4.74 Å². The maximum Gasteiger partial charge on any atom is 0.285 e. The molecule has 0 fully saturated rings. The lowest BCUT2D eigenvalue weighted by atomic mass is 9.92. The summed E-state index contributed by atoms with van der Waals surface area (Å²) in [7, 11) is 0. The molecule has 5 nitrogen and oxygen atoms in total. The van der Waals surface area contributed by atoms with Crippen molar-refractivity contribution in [3.63, 3.8) is 0 Å². The Morgan fingerprint density at radius 2 is 1.66 bits per heavy atom. The first-order valence-corrected chi connectivity index (χ1v) is 9.57. The highest BCUT2D eigenvalue weighted by Crippen LogP contribution is 2.32. The molecule has 3 aromatic carbocycles. The van der Waals surface area contributed by atoms with Crippen LogP contribution in [0.3, 0.4) is 0 Å². The number of imide groups is 1. The number of hydrogen-bond acceptors (Lipinski definition) is 4. The van der Waals surface area contributed by atoms with Gasteiger partial charge in [-0.15, -0.1) is 5.06 Å². The summed E-state index contributed by atoms with van der Waals surface area (Å²) in [5.74, 6) is -0.569. The summed E-state index contributed by atoms with van der Waals surface area (Å²) < 4.78 is 5.80. The summed E-state index contributed by atoms with van der Waals surface area (Å²) in [5.41, 5.74) is 2.54. The fourth-order valence-electron chi connectivity index (χ4n) is 3.41. The van der Waals surface area contributed by atoms with Crippen LogP contribution in [0.5, 0.6) is 5.75 Å². The topological polar surface area (TPSA) is 66.8 Å². The van der Waals surface area contributed by atoms with Crippen LogP contribution in [0.4, 0.5) is 0 Å². The Kier molecular flexibility index (Phi) is 4.91. The minimum atomic E-state index is -0.703. The van der Waals surface area contributed by atoms with Crippen LogP contribution in [0, 0.1) is 0 Å². The van der Waals surface area contributed by atoms with Gasteiger partial charge in [0.1, 0.15) is 5.75 Å². The third kappa shape index (κ3) is 3.41. The lowest BCUT2D eigenvalue weighted by molar-refractivity contribution is -0.0377. The maximum atomic E-state index is 12.3. The Labute approximate surface area is 168 Å². The van der Waals surface area contributed by atoms with Crippen molar-refractivity contribution in [1.82, 2.24) is 5.06 Å². The van der Waals surface area contributed by atoms with Crippen molar-refractivity contribution in [3.8, 4) is 5.75 Å². The van der Waals surface area contributed by atoms with Crippen molar-refractivity contribution in [3.05, 3.63) is 76.9 Å². The molecule has 5 heteroatoms. The van der Waals surface area contributed by atoms with Crippen LogP contribution in [0.25, 0.3) is 22.9 Å². The number of ether oxygens (including phenoxy) is 1. The molecule has 4 rings (SSSR count). The SMILES string of the molecule is CCC(C)Oc1ccc(/C=C/c2ccc3c4c(cccc24)C(=O)N(O)C3=O)cc1. The predicted octanol–water partition coefficient (Wildman–Crippen LogP) is 5.17. The van der Waals surface area contributed by atoms with Gasteiger partial charge < -0.3 is 4.74 Å². The number of amides is 2. The predicted molar refractivity (Wildman–Crippen MR) is 112 cm³/mol. The van der Waals surface area contributed by atoms with E-state index in [-0.39, 0.29) is 11.2 Å². The standard InChI is InChI=1S/C24H21NO4/c1-3-15(2)29-18-12-8-16(9-13-18)7-10-17-11-14-21-22-19(17)5-4-6-20(22)23(26)25(28)24(21)27/h4-15,28H,3H2,1-2H3/b10-7+. The molecule has 3 aromatic rings. The van der Waals surface area contributed by atoms with Crippen LogP contribution in [0.2, 0.25) is 0 Å². The van der Waals surface area contributed by atoms with Crippen molar-refractivity contribution in [2.45, 2.75) is 26.4 Å². The van der Waals surface area contributed by atoms with E-state index >= 15 is 0 Å². The molecule has 0 aromatic heterocycles. The highest BCUT2D eigenvalue weighted by Gasteiger charge is 2.32. The zero-order chi connectivity index (χ0) is 20.5. The van der Waals surface area contributed by atoms with Gasteiger partial charge in [-0.1, -0.05) is 49.4 Å². The number of rotatable bonds is 5. The van der Waals surface area contributed by atoms with E-state index in [4.69, 9.17) is 4.74 Å². The van der Waals surface area contributed by atoms with Crippen molar-refractivity contribution < 1.29 is 19.5 Å². The molecule has 1 aliphatic rings. The summed E-state index contributed by atoms with van der Waals surface area (Å²) in [4.78, 5) is 24.5. The zero-order valence-corrected chi connectivity index (χ0v) is 16.3. The maximum absolute atomic E-state index is 12.3. The van der Waals surface area contributed by atoms with Gasteiger partial charge in [0.05, 0.1) is 17.2 Å². The summed E-state index contributed by atoms with van der Waals surface area (Å²) in [6.07, 6.45) is 5.05. The van der Waals surface area contributed by atoms with Gasteiger partial charge in [0.25, 0.3) is 11.8 Å². The van der Waals surface area contributed by atoms with Gasteiger partial charge in [-0.3, -0.25) is 14.8 Å². The first kappa shape index (κ1) is 18.9. The molecular weight excluding hydrogens is 366 g/mol. The molecular formula is C24H21NO4. The minimum absolute atomic E-state index is 0.175. The van der Waals surface area contributed by atoms with E-state index in [2.05, 4.69) is 6.92 Å². The highest BCUT2D eigenvalue weighted by atomic mass is 16.5. The van der Waals surface area contributed by atoms with Crippen LogP contribution >= 0.6 is 0 Å². The summed E-state index contributed by atoms with van der Waals surface area (Å²) in [6, 6.07) is 16.6. The van der Waals surface area contributed by atoms with E-state index in [1.165, 1.54) is 0 Å². The Balaban J connectivity index is 1.68. The zero-order valence-electron chi connectivity index (χ0n) is 16.3. The number of hydroxylamine groups is 2. The van der Waals surface area contributed by atoms with Crippen LogP contribution in [0.1, 0.15) is 52.1 Å². The van der Waals surface area contributed by atoms with Gasteiger partial charge in [-0.05, 0) is 54.1 Å². The van der Waals surface area contributed by atoms with Crippen LogP contribution in [-0.4, -0.2) is 28.2 Å². The van der Waals surface area contributed by atoms with Gasteiger partial charge in [0.15, 0.2) is 0 Å². The molecule has 2 amide bonds. The summed E-state index contributed by atoms with van der Waals surface area (Å²) >= 11 is 0. The van der Waals surface area contributed by atoms with Crippen LogP contribution in [0.15, 0.2) is 54.6 Å². The number of carbonyl (C=O) groups excluding carboxylic acids is 2. The third-order valence-electron chi connectivity index (χ3n) is 5.17. The lowest BCUT2D eigenvalue weighted by Gasteiger charge is -2.22. The van der Waals surface area contributed by atoms with E-state index in [9.17, 15) is 14.8 Å². The molecule has 0 aliphatic carbocycles. The molecule has 1 N–H and O–H groups in total. The monoisotopic (exact) mass is 387 g/mol. The number of nitrogens with zero attached hydrogens (tertiary/aromatic N) is 1. The summed E-state index contributed by atoms with van der Waals surface area (Å²) in [6.45, 7) is 4.12. The van der Waals surface area contributed by atoms with Crippen molar-refractivity contribution in [2.75, 3.05) is 0 Å². The van der Waals surface area contributed by atoms with Crippen molar-refractivity contribution >= 4 is 34.7 Å². The Hall–Kier alpha value is -3.44. The second-order valence-electron chi connectivity index (χ2n) is 7.09. The quantitative estimate of drug-likeness (QED) is 0.372. The first-order valence-electron chi connectivity index (χ1n) is 9.57. The van der Waals surface area contributed by atoms with Gasteiger partial charge in [-0.2, -0.15) is 0 Å². The molecule has 1 aliphatic heterocycles. The number of carbonyl (C=O) groups is 2. The van der Waals surface area contributed by atoms with E-state index < -0.39 is 11.8 Å². The number of hydrogen-bond donors (Lipinski definition) is 1. The van der Waals surface area contributed by atoms with E-state index in [0.717, 1.165) is 28.7 Å². The van der Waals surface area contributed by atoms with Gasteiger partial charge in [0.2, 0.25) is 0 Å². The average Bonchev–Trinajstić information content (AvgIpc) is 2.75. The Morgan fingerprint density at radius 3 is 2.34 bits per heavy atom. The minimum Gasteiger partial charge on any atom is -0.491 e. The molecule has 29 heavy (non-hydrogen) atoms. The fraction of sp³-hybridized carbons (Fsp3) is 0.167. The lowest BCUT2D eigenvalue weighted by Crippen LogP contribution is -2.37. The molecule has 0 radical (unpaired) electrons. The van der Waals surface area contributed by atoms with E-state index in [1.807, 2.05) is 55.5 Å². The smallest absolute Gasteiger partial charge is 0.285 e. The van der Waals surface area contributed by atoms with Crippen molar-refractivity contribution in [2.24, 2.45) is 0 Å². The molecule has 1 atom stereocenters. The largest absolute Gasteiger partial charge is 0.491 e. The second kappa shape index (κ2) is 7.53. The van der Waals surface area contributed by atoms with Gasteiger partial charge in [-0.25, -0.2) is 0 Å². The van der Waals surface area contributed by atoms with Crippen molar-refractivity contribution in [1.29, 1.82) is 0 Å². The van der Waals surface area contributed by atoms with Gasteiger partial charge >= 0.3 is 0 Å². The number of benzene rings is 3. The molecule has 0 spiro atoms. The highest BCUT2D eigenvalue weighted by molar-refractivity contribution is 6.25. The molecule has 1 unspecified atom stereocenters. The molecule has 146 valence electrons.